The van der Waals surface area contributed by atoms with E-state index >= 15 is 0 Å². The minimum atomic E-state index is -0.190. The van der Waals surface area contributed by atoms with Crippen molar-refractivity contribution in [2.24, 2.45) is 11.7 Å². The summed E-state index contributed by atoms with van der Waals surface area (Å²) in [7, 11) is 0. The molecule has 1 aromatic rings. The van der Waals surface area contributed by atoms with Crippen molar-refractivity contribution in [3.05, 3.63) is 35.6 Å². The molecule has 1 saturated heterocycles. The summed E-state index contributed by atoms with van der Waals surface area (Å²) in [6.07, 6.45) is 3.59. The molecule has 0 aromatic heterocycles. The number of nitrogens with two attached hydrogens (primary N) is 1. The molecule has 2 rings (SSSR count). The lowest BCUT2D eigenvalue weighted by molar-refractivity contribution is 0.413. The third kappa shape index (κ3) is 3.22. The summed E-state index contributed by atoms with van der Waals surface area (Å²) in [5, 5.41) is 0. The van der Waals surface area contributed by atoms with Crippen molar-refractivity contribution >= 4 is 11.8 Å². The number of halogens is 1. The SMILES string of the molecule is NC(CC1CCSCC1)c1ccc(F)cc1. The van der Waals surface area contributed by atoms with E-state index in [9.17, 15) is 4.39 Å². The third-order valence-corrected chi connectivity index (χ3v) is 4.28. The number of rotatable bonds is 3. The normalized spacial score (nSPS) is 19.6. The molecule has 0 amide bonds. The fourth-order valence-electron chi connectivity index (χ4n) is 2.19. The van der Waals surface area contributed by atoms with Gasteiger partial charge in [0.1, 0.15) is 5.82 Å². The van der Waals surface area contributed by atoms with Crippen molar-refractivity contribution in [3.63, 3.8) is 0 Å². The Bertz CT molecular complexity index is 319. The maximum Gasteiger partial charge on any atom is 0.123 e. The highest BCUT2D eigenvalue weighted by Gasteiger charge is 2.17. The molecule has 1 fully saturated rings. The van der Waals surface area contributed by atoms with Crippen LogP contribution in [-0.4, -0.2) is 11.5 Å². The first-order valence-corrected chi connectivity index (χ1v) is 7.00. The van der Waals surface area contributed by atoms with Gasteiger partial charge in [0.25, 0.3) is 0 Å². The molecule has 1 aliphatic rings. The molecule has 3 heteroatoms. The Labute approximate surface area is 101 Å². The Morgan fingerprint density at radius 3 is 2.50 bits per heavy atom. The highest BCUT2D eigenvalue weighted by atomic mass is 32.2. The molecule has 1 atom stereocenters. The van der Waals surface area contributed by atoms with Gasteiger partial charge in [0.2, 0.25) is 0 Å². The van der Waals surface area contributed by atoms with E-state index in [4.69, 9.17) is 5.73 Å². The molecule has 88 valence electrons. The molecule has 0 bridgehead atoms. The van der Waals surface area contributed by atoms with Crippen molar-refractivity contribution in [2.45, 2.75) is 25.3 Å². The lowest BCUT2D eigenvalue weighted by Crippen LogP contribution is -2.18. The molecular weight excluding hydrogens is 221 g/mol. The van der Waals surface area contributed by atoms with Gasteiger partial charge < -0.3 is 5.73 Å². The highest BCUT2D eigenvalue weighted by molar-refractivity contribution is 7.99. The van der Waals surface area contributed by atoms with Crippen LogP contribution in [0.25, 0.3) is 0 Å². The van der Waals surface area contributed by atoms with Crippen molar-refractivity contribution in [1.29, 1.82) is 0 Å². The Hall–Kier alpha value is -0.540. The molecule has 0 radical (unpaired) electrons. The smallest absolute Gasteiger partial charge is 0.123 e. The summed E-state index contributed by atoms with van der Waals surface area (Å²) in [4.78, 5) is 0. The van der Waals surface area contributed by atoms with Gasteiger partial charge in [-0.2, -0.15) is 11.8 Å². The first kappa shape index (κ1) is 11.9. The van der Waals surface area contributed by atoms with E-state index in [1.165, 1.54) is 36.5 Å². The average Bonchev–Trinajstić information content (AvgIpc) is 2.31. The van der Waals surface area contributed by atoms with Crippen LogP contribution in [0.1, 0.15) is 30.9 Å². The molecular formula is C13H18FNS. The number of hydrogen-bond acceptors (Lipinski definition) is 2. The molecule has 1 unspecified atom stereocenters. The zero-order valence-electron chi connectivity index (χ0n) is 9.36. The van der Waals surface area contributed by atoms with E-state index in [0.29, 0.717) is 0 Å². The number of thioether (sulfide) groups is 1. The van der Waals surface area contributed by atoms with Gasteiger partial charge in [-0.3, -0.25) is 0 Å². The number of benzene rings is 1. The van der Waals surface area contributed by atoms with Gasteiger partial charge in [-0.05, 0) is 54.4 Å². The van der Waals surface area contributed by atoms with E-state index in [-0.39, 0.29) is 11.9 Å². The maximum atomic E-state index is 12.8. The Morgan fingerprint density at radius 2 is 1.88 bits per heavy atom. The van der Waals surface area contributed by atoms with E-state index in [0.717, 1.165) is 17.9 Å². The fraction of sp³-hybridized carbons (Fsp3) is 0.538. The summed E-state index contributed by atoms with van der Waals surface area (Å²) in [5.74, 6) is 3.09. The molecule has 0 aliphatic carbocycles. The average molecular weight is 239 g/mol. The quantitative estimate of drug-likeness (QED) is 0.875. The van der Waals surface area contributed by atoms with Gasteiger partial charge in [-0.1, -0.05) is 12.1 Å². The van der Waals surface area contributed by atoms with Crippen molar-refractivity contribution < 1.29 is 4.39 Å². The number of hydrogen-bond donors (Lipinski definition) is 1. The largest absolute Gasteiger partial charge is 0.324 e. The lowest BCUT2D eigenvalue weighted by atomic mass is 9.91. The van der Waals surface area contributed by atoms with Crippen molar-refractivity contribution in [1.82, 2.24) is 0 Å². The standard InChI is InChI=1S/C13H18FNS/c14-12-3-1-11(2-4-12)13(15)9-10-5-7-16-8-6-10/h1-4,10,13H,5-9,15H2. The molecule has 1 heterocycles. The molecule has 2 N–H and O–H groups in total. The van der Waals surface area contributed by atoms with Crippen LogP contribution < -0.4 is 5.73 Å². The van der Waals surface area contributed by atoms with Gasteiger partial charge in [0.15, 0.2) is 0 Å². The van der Waals surface area contributed by atoms with Gasteiger partial charge >= 0.3 is 0 Å². The highest BCUT2D eigenvalue weighted by Crippen LogP contribution is 2.29. The van der Waals surface area contributed by atoms with Crippen LogP contribution in [0.5, 0.6) is 0 Å². The molecule has 1 aromatic carbocycles. The first-order valence-electron chi connectivity index (χ1n) is 5.84. The van der Waals surface area contributed by atoms with Crippen LogP contribution in [-0.2, 0) is 0 Å². The maximum absolute atomic E-state index is 12.8. The van der Waals surface area contributed by atoms with Gasteiger partial charge in [0, 0.05) is 6.04 Å². The third-order valence-electron chi connectivity index (χ3n) is 3.23. The van der Waals surface area contributed by atoms with E-state index < -0.39 is 0 Å². The van der Waals surface area contributed by atoms with Crippen LogP contribution in [0.3, 0.4) is 0 Å². The molecule has 0 saturated carbocycles. The van der Waals surface area contributed by atoms with Gasteiger partial charge in [-0.25, -0.2) is 4.39 Å². The summed E-state index contributed by atoms with van der Waals surface area (Å²) in [6.45, 7) is 0. The zero-order valence-corrected chi connectivity index (χ0v) is 10.2. The van der Waals surface area contributed by atoms with E-state index in [1.54, 1.807) is 12.1 Å². The van der Waals surface area contributed by atoms with Crippen LogP contribution >= 0.6 is 11.8 Å². The minimum Gasteiger partial charge on any atom is -0.324 e. The van der Waals surface area contributed by atoms with Crippen LogP contribution in [0.15, 0.2) is 24.3 Å². The van der Waals surface area contributed by atoms with Crippen LogP contribution in [0.4, 0.5) is 4.39 Å². The Morgan fingerprint density at radius 1 is 1.25 bits per heavy atom. The Kier molecular flexibility index (Phi) is 4.24. The fourth-order valence-corrected chi connectivity index (χ4v) is 3.39. The predicted octanol–water partition coefficient (Wildman–Crippen LogP) is 3.36. The summed E-state index contributed by atoms with van der Waals surface area (Å²) in [5.41, 5.74) is 7.20. The van der Waals surface area contributed by atoms with Gasteiger partial charge in [0.05, 0.1) is 0 Å². The summed E-state index contributed by atoms with van der Waals surface area (Å²) >= 11 is 2.03. The minimum absolute atomic E-state index is 0.0636. The van der Waals surface area contributed by atoms with Gasteiger partial charge in [-0.15, -0.1) is 0 Å². The molecule has 0 spiro atoms. The Balaban J connectivity index is 1.91. The monoisotopic (exact) mass is 239 g/mol. The van der Waals surface area contributed by atoms with Crippen molar-refractivity contribution in [3.8, 4) is 0 Å². The molecule has 1 nitrogen and oxygen atoms in total. The van der Waals surface area contributed by atoms with Crippen LogP contribution in [0, 0.1) is 11.7 Å². The van der Waals surface area contributed by atoms with Crippen LogP contribution in [0.2, 0.25) is 0 Å². The predicted molar refractivity (Wildman–Crippen MR) is 68.0 cm³/mol. The van der Waals surface area contributed by atoms with E-state index in [2.05, 4.69) is 0 Å². The topological polar surface area (TPSA) is 26.0 Å². The lowest BCUT2D eigenvalue weighted by Gasteiger charge is -2.24. The second kappa shape index (κ2) is 5.69. The second-order valence-electron chi connectivity index (χ2n) is 4.45. The van der Waals surface area contributed by atoms with Crippen molar-refractivity contribution in [2.75, 3.05) is 11.5 Å². The molecule has 16 heavy (non-hydrogen) atoms. The molecule has 1 aliphatic heterocycles. The second-order valence-corrected chi connectivity index (χ2v) is 5.67. The zero-order chi connectivity index (χ0) is 11.4. The first-order chi connectivity index (χ1) is 7.75. The summed E-state index contributed by atoms with van der Waals surface area (Å²) < 4.78 is 12.8. The summed E-state index contributed by atoms with van der Waals surface area (Å²) in [6, 6.07) is 6.65. The van der Waals surface area contributed by atoms with E-state index in [1.807, 2.05) is 11.8 Å².